The lowest BCUT2D eigenvalue weighted by atomic mass is 9.81. The van der Waals surface area contributed by atoms with Crippen LogP contribution >= 0.6 is 22.6 Å². The van der Waals surface area contributed by atoms with Crippen molar-refractivity contribution in [1.82, 2.24) is 0 Å². The highest BCUT2D eigenvalue weighted by atomic mass is 127. The van der Waals surface area contributed by atoms with E-state index in [1.54, 1.807) is 0 Å². The van der Waals surface area contributed by atoms with E-state index in [2.05, 4.69) is 22.6 Å². The van der Waals surface area contributed by atoms with Gasteiger partial charge in [-0.25, -0.2) is 0 Å². The first-order chi connectivity index (χ1) is 6.75. The number of carbonyl (C=O) groups excluding carboxylic acids is 1. The maximum atomic E-state index is 11.6. The van der Waals surface area contributed by atoms with E-state index in [1.807, 2.05) is 34.5 Å². The molecule has 1 aliphatic carbocycles. The molecule has 0 aliphatic heterocycles. The predicted octanol–water partition coefficient (Wildman–Crippen LogP) is 3.00. The molecule has 0 aromatic heterocycles. The van der Waals surface area contributed by atoms with Crippen LogP contribution in [-0.4, -0.2) is 13.1 Å². The van der Waals surface area contributed by atoms with Crippen LogP contribution in [0.5, 0.6) is 0 Å². The fourth-order valence-electron chi connectivity index (χ4n) is 1.48. The van der Waals surface area contributed by atoms with Crippen molar-refractivity contribution in [3.8, 4) is 0 Å². The summed E-state index contributed by atoms with van der Waals surface area (Å²) in [5.41, 5.74) is -0.575. The molecule has 1 aliphatic rings. The number of hydrogen-bond donors (Lipinski definition) is 0. The van der Waals surface area contributed by atoms with E-state index in [0.717, 1.165) is 6.42 Å². The van der Waals surface area contributed by atoms with Gasteiger partial charge in [0.2, 0.25) is 0 Å². The van der Waals surface area contributed by atoms with Gasteiger partial charge in [0.25, 0.3) is 0 Å². The average Bonchev–Trinajstić information content (AvgIpc) is 2.26. The summed E-state index contributed by atoms with van der Waals surface area (Å²) in [5.74, 6) is -0.195. The Labute approximate surface area is 97.9 Å². The molecule has 0 saturated carbocycles. The van der Waals surface area contributed by atoms with Gasteiger partial charge < -0.3 is 4.74 Å². The van der Waals surface area contributed by atoms with Gasteiger partial charge in [0.05, 0.1) is 7.11 Å². The van der Waals surface area contributed by atoms with Crippen LogP contribution in [0.1, 0.15) is 12.8 Å². The summed E-state index contributed by atoms with van der Waals surface area (Å²) in [6.07, 6.45) is 11.4. The Bertz CT molecular complexity index is 278. The van der Waals surface area contributed by atoms with Crippen LogP contribution in [0, 0.1) is 5.41 Å². The van der Waals surface area contributed by atoms with E-state index >= 15 is 0 Å². The molecular formula is C11H13IO2. The highest BCUT2D eigenvalue weighted by Crippen LogP contribution is 2.31. The molecule has 0 amide bonds. The Kier molecular flexibility index (Phi) is 4.38. The van der Waals surface area contributed by atoms with Crippen LogP contribution in [0.25, 0.3) is 0 Å². The van der Waals surface area contributed by atoms with Gasteiger partial charge in [-0.15, -0.1) is 0 Å². The zero-order chi connectivity index (χ0) is 10.4. The van der Waals surface area contributed by atoms with E-state index in [-0.39, 0.29) is 5.97 Å². The summed E-state index contributed by atoms with van der Waals surface area (Å²) in [4.78, 5) is 11.6. The molecule has 76 valence electrons. The van der Waals surface area contributed by atoms with Gasteiger partial charge >= 0.3 is 5.97 Å². The van der Waals surface area contributed by atoms with Crippen LogP contribution < -0.4 is 0 Å². The fraction of sp³-hybridized carbons (Fsp3) is 0.364. The SMILES string of the molecule is COC(=O)C1(C/C=C/I)C=CCC=C1. The van der Waals surface area contributed by atoms with Crippen molar-refractivity contribution in [2.75, 3.05) is 7.11 Å². The molecule has 2 nitrogen and oxygen atoms in total. The molecule has 0 aromatic carbocycles. The van der Waals surface area contributed by atoms with Gasteiger partial charge in [-0.2, -0.15) is 0 Å². The Morgan fingerprint density at radius 3 is 2.71 bits per heavy atom. The lowest BCUT2D eigenvalue weighted by Crippen LogP contribution is -2.28. The molecule has 1 rings (SSSR count). The van der Waals surface area contributed by atoms with Crippen LogP contribution in [-0.2, 0) is 9.53 Å². The third-order valence-corrected chi connectivity index (χ3v) is 2.72. The van der Waals surface area contributed by atoms with Gasteiger partial charge in [-0.05, 0) is 16.9 Å². The molecule has 0 atom stereocenters. The van der Waals surface area contributed by atoms with Crippen LogP contribution in [0.15, 0.2) is 34.5 Å². The molecule has 14 heavy (non-hydrogen) atoms. The lowest BCUT2D eigenvalue weighted by molar-refractivity contribution is -0.147. The molecule has 0 unspecified atom stereocenters. The second-order valence-electron chi connectivity index (χ2n) is 3.14. The summed E-state index contributed by atoms with van der Waals surface area (Å²) in [5, 5.41) is 0. The zero-order valence-electron chi connectivity index (χ0n) is 8.07. The minimum Gasteiger partial charge on any atom is -0.468 e. The van der Waals surface area contributed by atoms with E-state index < -0.39 is 5.41 Å². The molecular weight excluding hydrogens is 291 g/mol. The van der Waals surface area contributed by atoms with Gasteiger partial charge in [0.1, 0.15) is 5.41 Å². The molecule has 0 N–H and O–H groups in total. The van der Waals surface area contributed by atoms with E-state index in [0.29, 0.717) is 6.42 Å². The molecule has 0 fully saturated rings. The van der Waals surface area contributed by atoms with Gasteiger partial charge in [0.15, 0.2) is 0 Å². The van der Waals surface area contributed by atoms with Crippen molar-refractivity contribution >= 4 is 28.6 Å². The van der Waals surface area contributed by atoms with E-state index in [4.69, 9.17) is 4.74 Å². The Morgan fingerprint density at radius 2 is 2.21 bits per heavy atom. The Morgan fingerprint density at radius 1 is 1.57 bits per heavy atom. The van der Waals surface area contributed by atoms with Crippen molar-refractivity contribution in [2.24, 2.45) is 5.41 Å². The van der Waals surface area contributed by atoms with Crippen molar-refractivity contribution in [3.05, 3.63) is 34.5 Å². The number of hydrogen-bond acceptors (Lipinski definition) is 2. The molecule has 0 spiro atoms. The molecule has 0 saturated heterocycles. The van der Waals surface area contributed by atoms with E-state index in [1.165, 1.54) is 7.11 Å². The minimum atomic E-state index is -0.575. The first kappa shape index (κ1) is 11.5. The molecule has 0 radical (unpaired) electrons. The predicted molar refractivity (Wildman–Crippen MR) is 65.1 cm³/mol. The quantitative estimate of drug-likeness (QED) is 0.455. The zero-order valence-corrected chi connectivity index (χ0v) is 10.2. The number of esters is 1. The molecule has 0 aromatic rings. The normalized spacial score (nSPS) is 18.7. The number of methoxy groups -OCH3 is 1. The summed E-state index contributed by atoms with van der Waals surface area (Å²) < 4.78 is 6.73. The first-order valence-corrected chi connectivity index (χ1v) is 5.69. The standard InChI is InChI=1S/C11H13IO2/c1-14-10(13)11(8-5-9-12)6-3-2-4-7-11/h3-7,9H,2,8H2,1H3/b9-5+. The van der Waals surface area contributed by atoms with Crippen molar-refractivity contribution < 1.29 is 9.53 Å². The highest BCUT2D eigenvalue weighted by molar-refractivity contribution is 14.1. The highest BCUT2D eigenvalue weighted by Gasteiger charge is 2.33. The second-order valence-corrected chi connectivity index (χ2v) is 3.86. The number of carbonyl (C=O) groups is 1. The van der Waals surface area contributed by atoms with Gasteiger partial charge in [0, 0.05) is 0 Å². The van der Waals surface area contributed by atoms with Crippen LogP contribution in [0.4, 0.5) is 0 Å². The smallest absolute Gasteiger partial charge is 0.319 e. The lowest BCUT2D eigenvalue weighted by Gasteiger charge is -2.24. The summed E-state index contributed by atoms with van der Waals surface area (Å²) in [7, 11) is 1.42. The fourth-order valence-corrected chi connectivity index (χ4v) is 1.73. The maximum Gasteiger partial charge on any atom is 0.319 e. The summed E-state index contributed by atoms with van der Waals surface area (Å²) >= 11 is 2.14. The molecule has 0 bridgehead atoms. The minimum absolute atomic E-state index is 0.195. The summed E-state index contributed by atoms with van der Waals surface area (Å²) in [6, 6.07) is 0. The maximum absolute atomic E-state index is 11.6. The topological polar surface area (TPSA) is 26.3 Å². The average molecular weight is 304 g/mol. The van der Waals surface area contributed by atoms with E-state index in [9.17, 15) is 4.79 Å². The van der Waals surface area contributed by atoms with Crippen molar-refractivity contribution in [2.45, 2.75) is 12.8 Å². The van der Waals surface area contributed by atoms with Crippen LogP contribution in [0.3, 0.4) is 0 Å². The Hall–Kier alpha value is -0.580. The number of rotatable bonds is 3. The monoisotopic (exact) mass is 304 g/mol. The number of allylic oxidation sites excluding steroid dienone is 3. The van der Waals surface area contributed by atoms with Gasteiger partial charge in [-0.1, -0.05) is 53.0 Å². The van der Waals surface area contributed by atoms with Crippen molar-refractivity contribution in [1.29, 1.82) is 0 Å². The summed E-state index contributed by atoms with van der Waals surface area (Å²) in [6.45, 7) is 0. The number of ether oxygens (including phenoxy) is 1. The first-order valence-electron chi connectivity index (χ1n) is 4.44. The number of halogens is 1. The molecule has 0 heterocycles. The largest absolute Gasteiger partial charge is 0.468 e. The molecule has 3 heteroatoms. The third-order valence-electron chi connectivity index (χ3n) is 2.21. The third kappa shape index (κ3) is 2.47. The Balaban J connectivity index is 2.88. The van der Waals surface area contributed by atoms with Crippen LogP contribution in [0.2, 0.25) is 0 Å². The van der Waals surface area contributed by atoms with Crippen molar-refractivity contribution in [3.63, 3.8) is 0 Å². The second kappa shape index (κ2) is 5.34. The van der Waals surface area contributed by atoms with Gasteiger partial charge in [-0.3, -0.25) is 4.79 Å².